The third kappa shape index (κ3) is 6.10. The van der Waals surface area contributed by atoms with Gasteiger partial charge in [-0.1, -0.05) is 29.4 Å². The van der Waals surface area contributed by atoms with Crippen LogP contribution in [0.1, 0.15) is 44.9 Å². The molecule has 3 aromatic rings. The number of hydrogen-bond donors (Lipinski definition) is 0. The van der Waals surface area contributed by atoms with Crippen molar-refractivity contribution in [2.75, 3.05) is 20.3 Å². The molecule has 0 N–H and O–H groups in total. The molecule has 0 fully saturated rings. The zero-order chi connectivity index (χ0) is 29.0. The van der Waals surface area contributed by atoms with Crippen molar-refractivity contribution in [3.05, 3.63) is 82.1 Å². The average Bonchev–Trinajstić information content (AvgIpc) is 3.21. The van der Waals surface area contributed by atoms with Gasteiger partial charge in [0.1, 0.15) is 12.4 Å². The Labute approximate surface area is 250 Å². The SMILES string of the molecule is C#CCOc1c(I)cc(/C=c2/sc3n(c2=O)[C@@H](c2ccc(OCC)cc2)C(C(=O)OC(C)C)=C(C)N=3)cc1OC. The van der Waals surface area contributed by atoms with Crippen LogP contribution in [0.25, 0.3) is 6.08 Å². The van der Waals surface area contributed by atoms with E-state index in [0.29, 0.717) is 44.5 Å². The van der Waals surface area contributed by atoms with Crippen LogP contribution in [0, 0.1) is 15.9 Å². The van der Waals surface area contributed by atoms with Crippen molar-refractivity contribution >= 4 is 46.0 Å². The van der Waals surface area contributed by atoms with Gasteiger partial charge in [-0.15, -0.1) is 6.42 Å². The van der Waals surface area contributed by atoms with Crippen molar-refractivity contribution in [1.29, 1.82) is 0 Å². The Morgan fingerprint density at radius 3 is 2.60 bits per heavy atom. The van der Waals surface area contributed by atoms with Crippen molar-refractivity contribution in [2.24, 2.45) is 4.99 Å². The molecule has 0 radical (unpaired) electrons. The molecular weight excluding hydrogens is 643 g/mol. The van der Waals surface area contributed by atoms with Crippen LogP contribution in [0.4, 0.5) is 0 Å². The summed E-state index contributed by atoms with van der Waals surface area (Å²) in [5.41, 5.74) is 2.04. The second kappa shape index (κ2) is 12.7. The summed E-state index contributed by atoms with van der Waals surface area (Å²) in [7, 11) is 1.54. The predicted molar refractivity (Wildman–Crippen MR) is 163 cm³/mol. The zero-order valence-electron chi connectivity index (χ0n) is 22.8. The van der Waals surface area contributed by atoms with Crippen molar-refractivity contribution < 1.29 is 23.7 Å². The van der Waals surface area contributed by atoms with Crippen LogP contribution in [-0.4, -0.2) is 37.0 Å². The number of allylic oxidation sites excluding steroid dienone is 1. The Morgan fingerprint density at radius 2 is 1.98 bits per heavy atom. The number of aromatic nitrogens is 1. The molecule has 1 aliphatic rings. The number of halogens is 1. The highest BCUT2D eigenvalue weighted by Gasteiger charge is 2.33. The molecule has 8 nitrogen and oxygen atoms in total. The second-order valence-electron chi connectivity index (χ2n) is 9.06. The van der Waals surface area contributed by atoms with Gasteiger partial charge < -0.3 is 18.9 Å². The van der Waals surface area contributed by atoms with Gasteiger partial charge in [0, 0.05) is 0 Å². The number of fused-ring (bicyclic) bond motifs is 1. The van der Waals surface area contributed by atoms with E-state index < -0.39 is 12.0 Å². The van der Waals surface area contributed by atoms with Gasteiger partial charge in [-0.25, -0.2) is 9.79 Å². The van der Waals surface area contributed by atoms with Crippen LogP contribution in [0.5, 0.6) is 17.2 Å². The maximum absolute atomic E-state index is 13.9. The summed E-state index contributed by atoms with van der Waals surface area (Å²) in [4.78, 5) is 32.3. The summed E-state index contributed by atoms with van der Waals surface area (Å²) in [5.74, 6) is 3.68. The van der Waals surface area contributed by atoms with Gasteiger partial charge in [0.05, 0.1) is 45.2 Å². The molecule has 0 unspecified atom stereocenters. The van der Waals surface area contributed by atoms with Gasteiger partial charge >= 0.3 is 5.97 Å². The summed E-state index contributed by atoms with van der Waals surface area (Å²) < 4.78 is 25.1. The van der Waals surface area contributed by atoms with Gasteiger partial charge in [0.15, 0.2) is 16.3 Å². The molecule has 0 aliphatic carbocycles. The first-order valence-corrected chi connectivity index (χ1v) is 14.5. The van der Waals surface area contributed by atoms with Crippen molar-refractivity contribution in [3.63, 3.8) is 0 Å². The number of terminal acetylenes is 1. The molecule has 0 amide bonds. The van der Waals surface area contributed by atoms with E-state index in [1.54, 1.807) is 44.6 Å². The van der Waals surface area contributed by atoms with E-state index in [1.807, 2.05) is 37.3 Å². The molecule has 40 heavy (non-hydrogen) atoms. The third-order valence-corrected chi connectivity index (χ3v) is 7.72. The second-order valence-corrected chi connectivity index (χ2v) is 11.2. The lowest BCUT2D eigenvalue weighted by molar-refractivity contribution is -0.143. The van der Waals surface area contributed by atoms with E-state index in [9.17, 15) is 9.59 Å². The number of nitrogens with zero attached hydrogens (tertiary/aromatic N) is 2. The molecule has 0 saturated carbocycles. The Hall–Kier alpha value is -3.56. The van der Waals surface area contributed by atoms with E-state index >= 15 is 0 Å². The summed E-state index contributed by atoms with van der Waals surface area (Å²) in [6, 6.07) is 10.3. The molecule has 0 saturated heterocycles. The molecule has 1 atom stereocenters. The number of esters is 1. The minimum absolute atomic E-state index is 0.108. The number of carbonyl (C=O) groups is 1. The summed E-state index contributed by atoms with van der Waals surface area (Å²) in [5, 5.41) is 0. The van der Waals surface area contributed by atoms with Crippen LogP contribution in [-0.2, 0) is 9.53 Å². The van der Waals surface area contributed by atoms with Crippen LogP contribution in [0.15, 0.2) is 57.5 Å². The van der Waals surface area contributed by atoms with E-state index in [-0.39, 0.29) is 18.3 Å². The first-order valence-electron chi connectivity index (χ1n) is 12.6. The molecular formula is C30H29IN2O6S. The van der Waals surface area contributed by atoms with Gasteiger partial charge in [-0.3, -0.25) is 9.36 Å². The van der Waals surface area contributed by atoms with E-state index in [0.717, 1.165) is 14.7 Å². The maximum Gasteiger partial charge on any atom is 0.338 e. The standard InChI is InChI=1S/C30H29IN2O6S/c1-7-13-38-27-22(31)14-19(15-23(27)36-6)16-24-28(34)33-26(20-9-11-21(12-10-20)37-8-2)25(29(35)39-17(3)4)18(5)32-30(33)40-24/h1,9-12,14-17,26H,8,13H2,2-6H3/b24-16+/t26-/m0/s1. The molecule has 0 spiro atoms. The highest BCUT2D eigenvalue weighted by Crippen LogP contribution is 2.35. The van der Waals surface area contributed by atoms with Crippen LogP contribution >= 0.6 is 33.9 Å². The number of rotatable bonds is 9. The largest absolute Gasteiger partial charge is 0.494 e. The predicted octanol–water partition coefficient (Wildman–Crippen LogP) is 4.21. The van der Waals surface area contributed by atoms with E-state index in [2.05, 4.69) is 33.5 Å². The Balaban J connectivity index is 1.88. The monoisotopic (exact) mass is 672 g/mol. The highest BCUT2D eigenvalue weighted by atomic mass is 127. The van der Waals surface area contributed by atoms with Gasteiger partial charge in [-0.05, 0) is 91.8 Å². The van der Waals surface area contributed by atoms with Crippen molar-refractivity contribution in [3.8, 4) is 29.6 Å². The van der Waals surface area contributed by atoms with Crippen LogP contribution < -0.4 is 29.1 Å². The fourth-order valence-corrected chi connectivity index (χ4v) is 6.14. The Bertz CT molecular complexity index is 1680. The minimum atomic E-state index is -0.713. The summed E-state index contributed by atoms with van der Waals surface area (Å²) >= 11 is 3.40. The van der Waals surface area contributed by atoms with E-state index in [4.69, 9.17) is 25.4 Å². The first-order chi connectivity index (χ1) is 19.2. The summed E-state index contributed by atoms with van der Waals surface area (Å²) in [6.07, 6.45) is 6.79. The number of thiazole rings is 1. The number of ether oxygens (including phenoxy) is 4. The van der Waals surface area contributed by atoms with Crippen LogP contribution in [0.3, 0.4) is 0 Å². The molecule has 2 aromatic carbocycles. The van der Waals surface area contributed by atoms with Gasteiger partial charge in [-0.2, -0.15) is 0 Å². The zero-order valence-corrected chi connectivity index (χ0v) is 25.8. The molecule has 4 rings (SSSR count). The van der Waals surface area contributed by atoms with Crippen LogP contribution in [0.2, 0.25) is 0 Å². The molecule has 1 aromatic heterocycles. The maximum atomic E-state index is 13.9. The quantitative estimate of drug-likeness (QED) is 0.193. The van der Waals surface area contributed by atoms with Crippen molar-refractivity contribution in [2.45, 2.75) is 39.8 Å². The summed E-state index contributed by atoms with van der Waals surface area (Å²) in [6.45, 7) is 7.88. The number of carbonyl (C=O) groups excluding carboxylic acids is 1. The van der Waals surface area contributed by atoms with E-state index in [1.165, 1.54) is 11.3 Å². The molecule has 0 bridgehead atoms. The van der Waals surface area contributed by atoms with Crippen molar-refractivity contribution in [1.82, 2.24) is 4.57 Å². The first kappa shape index (κ1) is 29.4. The lowest BCUT2D eigenvalue weighted by atomic mass is 9.96. The smallest absolute Gasteiger partial charge is 0.338 e. The lowest BCUT2D eigenvalue weighted by Gasteiger charge is -2.25. The highest BCUT2D eigenvalue weighted by molar-refractivity contribution is 14.1. The average molecular weight is 673 g/mol. The number of benzene rings is 2. The minimum Gasteiger partial charge on any atom is -0.494 e. The fraction of sp³-hybridized carbons (Fsp3) is 0.300. The molecule has 208 valence electrons. The molecule has 1 aliphatic heterocycles. The Kier molecular flexibility index (Phi) is 9.37. The molecule has 10 heteroatoms. The third-order valence-electron chi connectivity index (χ3n) is 5.94. The number of methoxy groups -OCH3 is 1. The van der Waals surface area contributed by atoms with Gasteiger partial charge in [0.2, 0.25) is 0 Å². The lowest BCUT2D eigenvalue weighted by Crippen LogP contribution is -2.40. The fourth-order valence-electron chi connectivity index (χ4n) is 4.32. The van der Waals surface area contributed by atoms with Gasteiger partial charge in [0.25, 0.3) is 5.56 Å². The topological polar surface area (TPSA) is 88.4 Å². The number of hydrogen-bond acceptors (Lipinski definition) is 8. The molecule has 2 heterocycles. The normalized spacial score (nSPS) is 14.8. The Morgan fingerprint density at radius 1 is 1.25 bits per heavy atom.